The van der Waals surface area contributed by atoms with Gasteiger partial charge in [0, 0.05) is 17.2 Å². The highest BCUT2D eigenvalue weighted by Crippen LogP contribution is 2.38. The Labute approximate surface area is 150 Å². The molecule has 0 saturated carbocycles. The second-order valence-electron chi connectivity index (χ2n) is 5.46. The molecule has 8 nitrogen and oxygen atoms in total. The van der Waals surface area contributed by atoms with E-state index in [-0.39, 0.29) is 39.0 Å². The molecule has 3 rings (SSSR count). The Morgan fingerprint density at radius 3 is 2.40 bits per heavy atom. The van der Waals surface area contributed by atoms with Gasteiger partial charge in [0.2, 0.25) is 5.88 Å². The van der Waals surface area contributed by atoms with Gasteiger partial charge in [0.15, 0.2) is 11.6 Å². The van der Waals surface area contributed by atoms with Crippen molar-refractivity contribution in [2.45, 2.75) is 19.8 Å². The number of aromatic nitrogens is 4. The van der Waals surface area contributed by atoms with Crippen LogP contribution in [0.3, 0.4) is 0 Å². The van der Waals surface area contributed by atoms with Gasteiger partial charge in [0.25, 0.3) is 5.56 Å². The van der Waals surface area contributed by atoms with Crippen molar-refractivity contribution in [3.05, 3.63) is 54.7 Å². The van der Waals surface area contributed by atoms with E-state index in [1.165, 1.54) is 18.2 Å². The summed E-state index contributed by atoms with van der Waals surface area (Å²) in [7, 11) is 0. The largest absolute Gasteiger partial charge is 0.439 e. The molecule has 0 fully saturated rings. The molecule has 0 saturated heterocycles. The Bertz CT molecular complexity index is 1020. The monoisotopic (exact) mass is 382 g/mol. The van der Waals surface area contributed by atoms with Gasteiger partial charge < -0.3 is 4.74 Å². The van der Waals surface area contributed by atoms with E-state index in [4.69, 9.17) is 27.9 Å². The lowest BCUT2D eigenvalue weighted by Gasteiger charge is -2.11. The van der Waals surface area contributed by atoms with Crippen LogP contribution in [0.15, 0.2) is 32.3 Å². The molecule has 25 heavy (non-hydrogen) atoms. The number of hydrogen-bond donors (Lipinski definition) is 2. The number of nitrogens with zero attached hydrogens (tertiary/aromatic N) is 2. The molecule has 3 aromatic rings. The SMILES string of the molecule is CC(C)c1cc(Oc2c(Cl)cc(-c3noc(=O)[nH]3)cc2Cl)n[nH]c1=O. The third-order valence-corrected chi connectivity index (χ3v) is 3.91. The van der Waals surface area contributed by atoms with Crippen LogP contribution in [0.5, 0.6) is 11.6 Å². The molecule has 0 unspecified atom stereocenters. The van der Waals surface area contributed by atoms with E-state index >= 15 is 0 Å². The molecule has 0 amide bonds. The summed E-state index contributed by atoms with van der Waals surface area (Å²) in [5.74, 6) is -0.209. The molecule has 2 aromatic heterocycles. The molecule has 2 heterocycles. The fraction of sp³-hybridized carbons (Fsp3) is 0.200. The first-order valence-electron chi connectivity index (χ1n) is 7.18. The van der Waals surface area contributed by atoms with Crippen molar-refractivity contribution in [2.24, 2.45) is 0 Å². The third kappa shape index (κ3) is 3.59. The van der Waals surface area contributed by atoms with E-state index in [1.54, 1.807) is 0 Å². The lowest BCUT2D eigenvalue weighted by Crippen LogP contribution is -2.15. The molecule has 0 aliphatic carbocycles. The lowest BCUT2D eigenvalue weighted by molar-refractivity contribution is 0.388. The van der Waals surface area contributed by atoms with Gasteiger partial charge in [-0.15, -0.1) is 5.10 Å². The van der Waals surface area contributed by atoms with Crippen LogP contribution in [0, 0.1) is 0 Å². The van der Waals surface area contributed by atoms with Gasteiger partial charge in [-0.05, 0) is 18.1 Å². The van der Waals surface area contributed by atoms with E-state index in [9.17, 15) is 9.59 Å². The van der Waals surface area contributed by atoms with E-state index in [1.807, 2.05) is 13.8 Å². The van der Waals surface area contributed by atoms with Crippen molar-refractivity contribution in [3.8, 4) is 23.0 Å². The molecule has 0 radical (unpaired) electrons. The van der Waals surface area contributed by atoms with Crippen LogP contribution in [0.4, 0.5) is 0 Å². The molecular weight excluding hydrogens is 371 g/mol. The number of rotatable bonds is 4. The van der Waals surface area contributed by atoms with E-state index in [0.29, 0.717) is 11.1 Å². The predicted molar refractivity (Wildman–Crippen MR) is 91.6 cm³/mol. The highest BCUT2D eigenvalue weighted by atomic mass is 35.5. The Morgan fingerprint density at radius 1 is 1.16 bits per heavy atom. The Kier molecular flexibility index (Phi) is 4.65. The average Bonchev–Trinajstić information content (AvgIpc) is 2.98. The summed E-state index contributed by atoms with van der Waals surface area (Å²) < 4.78 is 10.1. The predicted octanol–water partition coefficient (Wildman–Crippen LogP) is 3.34. The molecule has 0 spiro atoms. The summed E-state index contributed by atoms with van der Waals surface area (Å²) in [5, 5.41) is 10.1. The number of nitrogens with one attached hydrogen (secondary N) is 2. The van der Waals surface area contributed by atoms with Gasteiger partial charge in [-0.3, -0.25) is 14.3 Å². The van der Waals surface area contributed by atoms with Crippen LogP contribution in [-0.2, 0) is 0 Å². The molecule has 10 heteroatoms. The molecule has 0 aliphatic heterocycles. The van der Waals surface area contributed by atoms with Crippen LogP contribution in [-0.4, -0.2) is 20.3 Å². The van der Waals surface area contributed by atoms with Crippen molar-refractivity contribution in [1.82, 2.24) is 20.3 Å². The van der Waals surface area contributed by atoms with Gasteiger partial charge in [-0.2, -0.15) is 0 Å². The summed E-state index contributed by atoms with van der Waals surface area (Å²) in [6.07, 6.45) is 0. The van der Waals surface area contributed by atoms with Gasteiger partial charge in [0.1, 0.15) is 0 Å². The normalized spacial score (nSPS) is 11.1. The molecule has 1 aromatic carbocycles. The topological polar surface area (TPSA) is 114 Å². The smallest absolute Gasteiger partial charge is 0.434 e. The van der Waals surface area contributed by atoms with E-state index < -0.39 is 5.76 Å². The zero-order valence-electron chi connectivity index (χ0n) is 13.1. The summed E-state index contributed by atoms with van der Waals surface area (Å²) in [4.78, 5) is 25.2. The highest BCUT2D eigenvalue weighted by molar-refractivity contribution is 6.37. The minimum atomic E-state index is -0.693. The summed E-state index contributed by atoms with van der Waals surface area (Å²) in [6.45, 7) is 3.75. The van der Waals surface area contributed by atoms with Crippen LogP contribution in [0.2, 0.25) is 10.0 Å². The van der Waals surface area contributed by atoms with Crippen molar-refractivity contribution in [2.75, 3.05) is 0 Å². The maximum Gasteiger partial charge on any atom is 0.439 e. The Hall–Kier alpha value is -2.58. The molecule has 0 aliphatic rings. The molecule has 0 bridgehead atoms. The maximum atomic E-state index is 11.7. The highest BCUT2D eigenvalue weighted by Gasteiger charge is 2.16. The zero-order chi connectivity index (χ0) is 18.1. The van der Waals surface area contributed by atoms with Crippen molar-refractivity contribution in [3.63, 3.8) is 0 Å². The van der Waals surface area contributed by atoms with Crippen LogP contribution in [0.1, 0.15) is 25.3 Å². The standard InChI is InChI=1S/C15H12Cl2N4O4/c1-6(2)8-5-11(19-20-14(8)22)24-12-9(16)3-7(4-10(12)17)13-18-15(23)25-21-13/h3-6H,1-2H3,(H,20,22)(H,18,21,23). The number of halogens is 2. The number of H-pyrrole nitrogens is 2. The van der Waals surface area contributed by atoms with Gasteiger partial charge in [0.05, 0.1) is 10.0 Å². The van der Waals surface area contributed by atoms with Crippen molar-refractivity contribution < 1.29 is 9.26 Å². The van der Waals surface area contributed by atoms with Crippen molar-refractivity contribution in [1.29, 1.82) is 0 Å². The van der Waals surface area contributed by atoms with Gasteiger partial charge >= 0.3 is 5.76 Å². The fourth-order valence-corrected chi connectivity index (χ4v) is 2.70. The van der Waals surface area contributed by atoms with Gasteiger partial charge in [-0.25, -0.2) is 9.89 Å². The first-order valence-corrected chi connectivity index (χ1v) is 7.93. The Morgan fingerprint density at radius 2 is 1.84 bits per heavy atom. The van der Waals surface area contributed by atoms with Crippen LogP contribution in [0.25, 0.3) is 11.4 Å². The third-order valence-electron chi connectivity index (χ3n) is 3.35. The number of aromatic amines is 2. The molecular formula is C15H12Cl2N4O4. The second kappa shape index (κ2) is 6.73. The number of ether oxygens (including phenoxy) is 1. The lowest BCUT2D eigenvalue weighted by atomic mass is 10.1. The summed E-state index contributed by atoms with van der Waals surface area (Å²) >= 11 is 12.4. The molecule has 2 N–H and O–H groups in total. The van der Waals surface area contributed by atoms with E-state index in [2.05, 4.69) is 24.9 Å². The first-order chi connectivity index (χ1) is 11.8. The molecule has 0 atom stereocenters. The minimum absolute atomic E-state index is 0.00795. The van der Waals surface area contributed by atoms with E-state index in [0.717, 1.165) is 0 Å². The van der Waals surface area contributed by atoms with Gasteiger partial charge in [-0.1, -0.05) is 42.2 Å². The second-order valence-corrected chi connectivity index (χ2v) is 6.27. The van der Waals surface area contributed by atoms with Crippen LogP contribution < -0.4 is 16.1 Å². The van der Waals surface area contributed by atoms with Crippen LogP contribution >= 0.6 is 23.2 Å². The maximum absolute atomic E-state index is 11.7. The number of benzene rings is 1. The minimum Gasteiger partial charge on any atom is -0.434 e. The Balaban J connectivity index is 1.97. The first kappa shape index (κ1) is 17.2. The summed E-state index contributed by atoms with van der Waals surface area (Å²) in [6, 6.07) is 4.54. The summed E-state index contributed by atoms with van der Waals surface area (Å²) in [5.41, 5.74) is 0.685. The molecule has 130 valence electrons. The number of hydrogen-bond acceptors (Lipinski definition) is 6. The zero-order valence-corrected chi connectivity index (χ0v) is 14.6. The average molecular weight is 383 g/mol. The fourth-order valence-electron chi connectivity index (χ4n) is 2.14. The van der Waals surface area contributed by atoms with Crippen molar-refractivity contribution >= 4 is 23.2 Å². The quantitative estimate of drug-likeness (QED) is 0.714.